The van der Waals surface area contributed by atoms with Crippen molar-refractivity contribution in [3.05, 3.63) is 106 Å². The normalized spacial score (nSPS) is 12.8. The van der Waals surface area contributed by atoms with Gasteiger partial charge in [-0.1, -0.05) is 49.4 Å². The van der Waals surface area contributed by atoms with E-state index in [2.05, 4.69) is 25.1 Å². The number of ether oxygens (including phenoxy) is 1. The molecule has 0 bridgehead atoms. The lowest BCUT2D eigenvalue weighted by Gasteiger charge is -2.16. The van der Waals surface area contributed by atoms with Crippen LogP contribution >= 0.6 is 11.3 Å². The van der Waals surface area contributed by atoms with Gasteiger partial charge in [-0.25, -0.2) is 14.5 Å². The topological polar surface area (TPSA) is 86.3 Å². The number of aromatic nitrogens is 4. The molecule has 3 aromatic carbocycles. The molecule has 0 radical (unpaired) electrons. The van der Waals surface area contributed by atoms with Crippen LogP contribution in [0, 0.1) is 20.8 Å². The number of hydrogen-bond acceptors (Lipinski definition) is 5. The van der Waals surface area contributed by atoms with Crippen molar-refractivity contribution in [2.75, 3.05) is 0 Å². The number of benzene rings is 3. The second-order valence-electron chi connectivity index (χ2n) is 9.93. The van der Waals surface area contributed by atoms with Gasteiger partial charge in [0, 0.05) is 16.6 Å². The fourth-order valence-corrected chi connectivity index (χ4v) is 5.63. The van der Waals surface area contributed by atoms with Crippen LogP contribution in [-0.4, -0.2) is 31.7 Å². The molecule has 0 aliphatic heterocycles. The maximum Gasteiger partial charge on any atom is 0.573 e. The second kappa shape index (κ2) is 12.3. The first-order valence-corrected chi connectivity index (χ1v) is 14.4. The number of para-hydroxylation sites is 1. The summed E-state index contributed by atoms with van der Waals surface area (Å²) in [4.78, 5) is 22.4. The molecule has 0 saturated heterocycles. The van der Waals surface area contributed by atoms with Gasteiger partial charge in [0.25, 0.3) is 0 Å². The van der Waals surface area contributed by atoms with Gasteiger partial charge in [-0.15, -0.1) is 29.6 Å². The van der Waals surface area contributed by atoms with Gasteiger partial charge in [0.05, 0.1) is 17.4 Å². The first-order chi connectivity index (χ1) is 20.5. The van der Waals surface area contributed by atoms with Crippen LogP contribution in [-0.2, 0) is 0 Å². The average Bonchev–Trinajstić information content (AvgIpc) is 3.59. The van der Waals surface area contributed by atoms with Crippen LogP contribution in [0.25, 0.3) is 22.8 Å². The molecule has 5 aromatic rings. The fourth-order valence-electron chi connectivity index (χ4n) is 4.78. The number of rotatable bonds is 7. The SMILES string of the molecule is CCC(NC(=O)/N=c1\scc(C)n1-c1c(C)cccc1C)c1ccc(-c2ncn(-c3ccc(OC(F)(F)F)cc3)n2)cc1. The van der Waals surface area contributed by atoms with E-state index in [1.54, 1.807) is 0 Å². The van der Waals surface area contributed by atoms with Crippen molar-refractivity contribution in [2.24, 2.45) is 4.99 Å². The van der Waals surface area contributed by atoms with Gasteiger partial charge >= 0.3 is 12.4 Å². The van der Waals surface area contributed by atoms with E-state index in [4.69, 9.17) is 0 Å². The number of hydrogen-bond donors (Lipinski definition) is 1. The molecule has 5 rings (SSSR count). The first kappa shape index (κ1) is 29.8. The van der Waals surface area contributed by atoms with Gasteiger partial charge < -0.3 is 10.1 Å². The number of thiazole rings is 1. The lowest BCUT2D eigenvalue weighted by atomic mass is 10.0. The maximum atomic E-state index is 13.1. The predicted molar refractivity (Wildman–Crippen MR) is 158 cm³/mol. The quantitative estimate of drug-likeness (QED) is 0.210. The fraction of sp³-hybridized carbons (Fsp3) is 0.226. The summed E-state index contributed by atoms with van der Waals surface area (Å²) in [6.45, 7) is 8.07. The number of nitrogens with one attached hydrogen (secondary N) is 1. The Morgan fingerprint density at radius 3 is 2.33 bits per heavy atom. The summed E-state index contributed by atoms with van der Waals surface area (Å²) in [5, 5.41) is 9.46. The summed E-state index contributed by atoms with van der Waals surface area (Å²) >= 11 is 1.42. The second-order valence-corrected chi connectivity index (χ2v) is 10.8. The van der Waals surface area contributed by atoms with Crippen molar-refractivity contribution in [1.82, 2.24) is 24.6 Å². The molecule has 0 spiro atoms. The van der Waals surface area contributed by atoms with Gasteiger partial charge in [0.2, 0.25) is 0 Å². The minimum Gasteiger partial charge on any atom is -0.406 e. The summed E-state index contributed by atoms with van der Waals surface area (Å²) in [7, 11) is 0. The number of carbonyl (C=O) groups is 1. The first-order valence-electron chi connectivity index (χ1n) is 13.5. The Morgan fingerprint density at radius 1 is 1.02 bits per heavy atom. The molecule has 12 heteroatoms. The number of nitrogens with zero attached hydrogens (tertiary/aromatic N) is 5. The Kier molecular flexibility index (Phi) is 8.49. The third-order valence-electron chi connectivity index (χ3n) is 6.84. The molecular weight excluding hydrogens is 577 g/mol. The zero-order chi connectivity index (χ0) is 30.7. The summed E-state index contributed by atoms with van der Waals surface area (Å²) in [6.07, 6.45) is -2.62. The van der Waals surface area contributed by atoms with E-state index in [1.165, 1.54) is 46.6 Å². The molecule has 0 aliphatic rings. The van der Waals surface area contributed by atoms with E-state index in [1.807, 2.05) is 80.1 Å². The Bertz CT molecular complexity index is 1780. The summed E-state index contributed by atoms with van der Waals surface area (Å²) in [5.41, 5.74) is 6.40. The Hall–Kier alpha value is -4.71. The molecule has 0 fully saturated rings. The van der Waals surface area contributed by atoms with Gasteiger partial charge in [-0.05, 0) is 68.1 Å². The van der Waals surface area contributed by atoms with Crippen LogP contribution in [0.2, 0.25) is 0 Å². The Labute approximate surface area is 250 Å². The zero-order valence-electron chi connectivity index (χ0n) is 23.9. The minimum atomic E-state index is -4.75. The molecule has 0 saturated carbocycles. The van der Waals surface area contributed by atoms with Gasteiger partial charge in [-0.2, -0.15) is 4.99 Å². The van der Waals surface area contributed by atoms with E-state index >= 15 is 0 Å². The van der Waals surface area contributed by atoms with Gasteiger partial charge in [-0.3, -0.25) is 4.57 Å². The van der Waals surface area contributed by atoms with Crippen molar-refractivity contribution in [3.8, 4) is 28.5 Å². The van der Waals surface area contributed by atoms with Crippen molar-refractivity contribution in [1.29, 1.82) is 0 Å². The molecule has 222 valence electrons. The van der Waals surface area contributed by atoms with E-state index in [0.717, 1.165) is 33.6 Å². The average molecular weight is 607 g/mol. The minimum absolute atomic E-state index is 0.261. The van der Waals surface area contributed by atoms with E-state index in [0.29, 0.717) is 22.7 Å². The largest absolute Gasteiger partial charge is 0.573 e. The highest BCUT2D eigenvalue weighted by molar-refractivity contribution is 7.07. The molecule has 2 amide bonds. The standard InChI is InChI=1S/C31H29F3N6O2S/c1-5-26(36-29(41)37-30-40(21(4)17-43-30)27-19(2)7-6-8-20(27)3)22-9-11-23(12-10-22)28-35-18-39(38-28)24-13-15-25(16-14-24)42-31(32,33)34/h6-18,26H,5H2,1-4H3,(H,36,41)/b37-30-. The van der Waals surface area contributed by atoms with Crippen molar-refractivity contribution in [3.63, 3.8) is 0 Å². The Balaban J connectivity index is 1.30. The molecule has 2 aromatic heterocycles. The van der Waals surface area contributed by atoms with E-state index in [-0.39, 0.29) is 11.8 Å². The molecular formula is C31H29F3N6O2S. The Morgan fingerprint density at radius 2 is 1.70 bits per heavy atom. The third-order valence-corrected chi connectivity index (χ3v) is 7.79. The lowest BCUT2D eigenvalue weighted by Crippen LogP contribution is -2.28. The van der Waals surface area contributed by atoms with Crippen molar-refractivity contribution in [2.45, 2.75) is 46.5 Å². The monoisotopic (exact) mass is 606 g/mol. The molecule has 8 nitrogen and oxygen atoms in total. The van der Waals surface area contributed by atoms with Crippen LogP contribution < -0.4 is 14.9 Å². The molecule has 43 heavy (non-hydrogen) atoms. The smallest absolute Gasteiger partial charge is 0.406 e. The third kappa shape index (κ3) is 6.86. The summed E-state index contributed by atoms with van der Waals surface area (Å²) < 4.78 is 44.7. The van der Waals surface area contributed by atoms with E-state index in [9.17, 15) is 18.0 Å². The maximum absolute atomic E-state index is 13.1. The molecule has 0 aliphatic carbocycles. The number of alkyl halides is 3. The molecule has 1 unspecified atom stereocenters. The highest BCUT2D eigenvalue weighted by Crippen LogP contribution is 2.25. The zero-order valence-corrected chi connectivity index (χ0v) is 24.7. The number of carbonyl (C=O) groups excluding carboxylic acids is 1. The lowest BCUT2D eigenvalue weighted by molar-refractivity contribution is -0.274. The van der Waals surface area contributed by atoms with Crippen molar-refractivity contribution >= 4 is 17.4 Å². The number of urea groups is 1. The van der Waals surface area contributed by atoms with Crippen LogP contribution in [0.5, 0.6) is 5.75 Å². The van der Waals surface area contributed by atoms with Crippen LogP contribution in [0.4, 0.5) is 18.0 Å². The van der Waals surface area contributed by atoms with E-state index < -0.39 is 12.4 Å². The predicted octanol–water partition coefficient (Wildman–Crippen LogP) is 7.37. The number of amides is 2. The molecule has 1 N–H and O–H groups in total. The van der Waals surface area contributed by atoms with Crippen LogP contribution in [0.3, 0.4) is 0 Å². The highest BCUT2D eigenvalue weighted by atomic mass is 32.1. The molecule has 1 atom stereocenters. The summed E-state index contributed by atoms with van der Waals surface area (Å²) in [5.74, 6) is 0.127. The number of halogens is 3. The van der Waals surface area contributed by atoms with Crippen LogP contribution in [0.1, 0.15) is 41.8 Å². The highest BCUT2D eigenvalue weighted by Gasteiger charge is 2.31. The van der Waals surface area contributed by atoms with Gasteiger partial charge in [0.15, 0.2) is 10.6 Å². The number of aryl methyl sites for hydroxylation is 3. The summed E-state index contributed by atoms with van der Waals surface area (Å²) in [6, 6.07) is 18.3. The van der Waals surface area contributed by atoms with Gasteiger partial charge in [0.1, 0.15) is 12.1 Å². The van der Waals surface area contributed by atoms with Crippen molar-refractivity contribution < 1.29 is 22.7 Å². The van der Waals surface area contributed by atoms with Crippen LogP contribution in [0.15, 0.2) is 83.4 Å². The molecule has 2 heterocycles.